The van der Waals surface area contributed by atoms with Gasteiger partial charge in [-0.3, -0.25) is 6.07 Å². The summed E-state index contributed by atoms with van der Waals surface area (Å²) in [5.74, 6) is 0. The van der Waals surface area contributed by atoms with Crippen molar-refractivity contribution in [3.8, 4) is 0 Å². The van der Waals surface area contributed by atoms with Crippen LogP contribution in [-0.4, -0.2) is 80.0 Å². The summed E-state index contributed by atoms with van der Waals surface area (Å²) in [6, 6.07) is 10.6. The van der Waals surface area contributed by atoms with Gasteiger partial charge in [0, 0.05) is 0 Å². The molecule has 0 atom stereocenters. The van der Waals surface area contributed by atoms with Gasteiger partial charge in [-0.05, 0) is 80.0 Å². The maximum atomic E-state index is 3.66. The predicted molar refractivity (Wildman–Crippen MR) is 129 cm³/mol. The Kier molecular flexibility index (Phi) is 44.3. The molecule has 0 amide bonds. The SMILES string of the molecule is CP(C)C.CP(C)C.CP(C)C.CP(C)C.[CH2-]c1[c-]cccc1.[Ru+2]. The van der Waals surface area contributed by atoms with Crippen LogP contribution in [0.25, 0.3) is 0 Å². The van der Waals surface area contributed by atoms with Gasteiger partial charge < -0.3 is 18.6 Å². The molecule has 0 fully saturated rings. The standard InChI is InChI=1S/C7H6.4C3H9P.Ru/c1-7-5-3-2-4-6-7;4*1-4(2)3;/h2-5H,1H2;4*1-3H3;/q-2;;;;;+2. The van der Waals surface area contributed by atoms with Crippen LogP contribution in [-0.2, 0) is 19.5 Å². The van der Waals surface area contributed by atoms with Crippen LogP contribution < -0.4 is 0 Å². The molecule has 0 spiro atoms. The summed E-state index contributed by atoms with van der Waals surface area (Å²) in [6.07, 6.45) is 0. The Morgan fingerprint density at radius 2 is 0.875 bits per heavy atom. The van der Waals surface area contributed by atoms with Crippen molar-refractivity contribution in [3.05, 3.63) is 42.8 Å². The quantitative estimate of drug-likeness (QED) is 0.205. The Hall–Kier alpha value is 1.43. The van der Waals surface area contributed by atoms with E-state index in [9.17, 15) is 0 Å². The largest absolute Gasteiger partial charge is 2.00 e. The molecular weight excluding hydrogens is 453 g/mol. The van der Waals surface area contributed by atoms with Crippen LogP contribution in [0.15, 0.2) is 24.3 Å². The van der Waals surface area contributed by atoms with Gasteiger partial charge in [-0.2, -0.15) is 12.1 Å². The molecule has 0 saturated carbocycles. The molecule has 0 heterocycles. The van der Waals surface area contributed by atoms with Gasteiger partial charge >= 0.3 is 19.5 Å². The number of hydrogen-bond donors (Lipinski definition) is 0. The maximum Gasteiger partial charge on any atom is 2.00 e. The molecule has 146 valence electrons. The molecule has 5 heteroatoms. The van der Waals surface area contributed by atoms with E-state index in [1.807, 2.05) is 24.3 Å². The van der Waals surface area contributed by atoms with E-state index in [1.165, 1.54) is 0 Å². The van der Waals surface area contributed by atoms with Gasteiger partial charge in [0.15, 0.2) is 0 Å². The molecule has 0 aliphatic heterocycles. The molecule has 0 aliphatic rings. The third kappa shape index (κ3) is 133. The van der Waals surface area contributed by atoms with Crippen LogP contribution in [0.2, 0.25) is 0 Å². The van der Waals surface area contributed by atoms with Gasteiger partial charge in [-0.25, -0.2) is 0 Å². The molecule has 0 unspecified atom stereocenters. The molecule has 0 aliphatic carbocycles. The summed E-state index contributed by atoms with van der Waals surface area (Å²) >= 11 is 0. The van der Waals surface area contributed by atoms with Crippen LogP contribution in [0.5, 0.6) is 0 Å². The van der Waals surface area contributed by atoms with E-state index in [-0.39, 0.29) is 19.5 Å². The molecule has 0 radical (unpaired) electrons. The molecule has 1 aromatic carbocycles. The van der Waals surface area contributed by atoms with E-state index in [4.69, 9.17) is 0 Å². The Bertz CT molecular complexity index is 254. The fraction of sp³-hybridized carbons (Fsp3) is 0.632. The van der Waals surface area contributed by atoms with E-state index in [0.717, 1.165) is 5.56 Å². The summed E-state index contributed by atoms with van der Waals surface area (Å²) in [7, 11) is 1.52. The first-order valence-corrected chi connectivity index (χ1v) is 18.3. The molecule has 24 heavy (non-hydrogen) atoms. The fourth-order valence-corrected chi connectivity index (χ4v) is 0.431. The van der Waals surface area contributed by atoms with E-state index in [1.54, 1.807) is 0 Å². The van der Waals surface area contributed by atoms with Crippen molar-refractivity contribution in [3.63, 3.8) is 0 Å². The molecule has 0 saturated heterocycles. The second-order valence-corrected chi connectivity index (χ2v) is 17.5. The van der Waals surface area contributed by atoms with Crippen LogP contribution >= 0.6 is 31.7 Å². The van der Waals surface area contributed by atoms with Crippen LogP contribution in [0.4, 0.5) is 0 Å². The molecule has 0 N–H and O–H groups in total. The molecule has 1 aromatic rings. The van der Waals surface area contributed by atoms with Crippen LogP contribution in [0, 0.1) is 13.0 Å². The molecule has 1 rings (SSSR count). The van der Waals surface area contributed by atoms with Crippen molar-refractivity contribution in [2.75, 3.05) is 80.0 Å². The summed E-state index contributed by atoms with van der Waals surface area (Å²) in [6.45, 7) is 30.4. The second kappa shape index (κ2) is 29.2. The molecule has 0 bridgehead atoms. The van der Waals surface area contributed by atoms with E-state index in [0.29, 0.717) is 31.7 Å². The van der Waals surface area contributed by atoms with Gasteiger partial charge in [-0.1, -0.05) is 0 Å². The smallest absolute Gasteiger partial charge is 0.374 e. The van der Waals surface area contributed by atoms with Gasteiger partial charge in [0.05, 0.1) is 0 Å². The van der Waals surface area contributed by atoms with Crippen molar-refractivity contribution >= 4 is 31.7 Å². The summed E-state index contributed by atoms with van der Waals surface area (Å²) in [5.41, 5.74) is 0.947. The average molecular weight is 496 g/mol. The van der Waals surface area contributed by atoms with Crippen molar-refractivity contribution in [1.29, 1.82) is 0 Å². The first-order valence-electron chi connectivity index (χ1n) is 7.55. The van der Waals surface area contributed by atoms with Gasteiger partial charge in [0.25, 0.3) is 0 Å². The van der Waals surface area contributed by atoms with E-state index in [2.05, 4.69) is 93.0 Å². The Balaban J connectivity index is -0.0000000641. The summed E-state index contributed by atoms with van der Waals surface area (Å²) in [4.78, 5) is 0. The van der Waals surface area contributed by atoms with Crippen LogP contribution in [0.3, 0.4) is 0 Å². The topological polar surface area (TPSA) is 0 Å². The predicted octanol–water partition coefficient (Wildman–Crippen LogP) is 7.10. The van der Waals surface area contributed by atoms with Crippen LogP contribution in [0.1, 0.15) is 5.56 Å². The number of hydrogen-bond acceptors (Lipinski definition) is 0. The Morgan fingerprint density at radius 1 is 0.625 bits per heavy atom. The van der Waals surface area contributed by atoms with Crippen molar-refractivity contribution in [2.45, 2.75) is 0 Å². The van der Waals surface area contributed by atoms with Crippen molar-refractivity contribution < 1.29 is 19.5 Å². The van der Waals surface area contributed by atoms with Gasteiger partial charge in [-0.15, -0.1) is 37.8 Å². The zero-order valence-electron chi connectivity index (χ0n) is 18.2. The zero-order valence-corrected chi connectivity index (χ0v) is 23.5. The number of rotatable bonds is 0. The van der Waals surface area contributed by atoms with E-state index < -0.39 is 0 Å². The monoisotopic (exact) mass is 496 g/mol. The van der Waals surface area contributed by atoms with Gasteiger partial charge in [0.2, 0.25) is 0 Å². The van der Waals surface area contributed by atoms with Gasteiger partial charge in [0.1, 0.15) is 0 Å². The Labute approximate surface area is 173 Å². The number of benzene rings is 1. The minimum Gasteiger partial charge on any atom is -0.374 e. The van der Waals surface area contributed by atoms with Crippen molar-refractivity contribution in [1.82, 2.24) is 0 Å². The summed E-state index contributed by atoms with van der Waals surface area (Å²) in [5, 5.41) is 0. The summed E-state index contributed by atoms with van der Waals surface area (Å²) < 4.78 is 0. The zero-order chi connectivity index (χ0) is 19.4. The third-order valence-corrected chi connectivity index (χ3v) is 0.773. The molecular formula is C19H42P4Ru. The normalized spacial score (nSPS) is 8.50. The second-order valence-electron chi connectivity index (χ2n) is 6.75. The minimum absolute atomic E-state index is 0. The van der Waals surface area contributed by atoms with E-state index >= 15 is 0 Å². The minimum atomic E-state index is 0. The Morgan fingerprint density at radius 3 is 0.958 bits per heavy atom. The fourth-order valence-electron chi connectivity index (χ4n) is 0.431. The average Bonchev–Trinajstić information content (AvgIpc) is 2.26. The first-order chi connectivity index (χ1) is 10.3. The molecule has 0 aromatic heterocycles. The molecule has 0 nitrogen and oxygen atoms in total. The van der Waals surface area contributed by atoms with Crippen molar-refractivity contribution in [2.24, 2.45) is 0 Å². The third-order valence-electron chi connectivity index (χ3n) is 0.773. The maximum absolute atomic E-state index is 3.66. The first kappa shape index (κ1) is 36.4.